The van der Waals surface area contributed by atoms with Crippen LogP contribution < -0.4 is 4.74 Å². The van der Waals surface area contributed by atoms with Gasteiger partial charge in [0.2, 0.25) is 0 Å². The predicted octanol–water partition coefficient (Wildman–Crippen LogP) is 4.19. The number of rotatable bonds is 3. The first kappa shape index (κ1) is 12.5. The number of ether oxygens (including phenoxy) is 1. The largest absolute Gasteiger partial charge is 0.508 e. The minimum Gasteiger partial charge on any atom is -0.508 e. The molecule has 0 atom stereocenters. The first-order valence-corrected chi connectivity index (χ1v) is 6.09. The second-order valence-corrected chi connectivity index (χ2v) is 4.63. The van der Waals surface area contributed by atoms with Crippen molar-refractivity contribution in [2.24, 2.45) is 0 Å². The van der Waals surface area contributed by atoms with Crippen LogP contribution in [-0.2, 0) is 0 Å². The highest BCUT2D eigenvalue weighted by Gasteiger charge is 2.12. The average Bonchev–Trinajstić information content (AvgIpc) is 2.38. The highest BCUT2D eigenvalue weighted by molar-refractivity contribution is 5.75. The standard InChI is InChI=1S/C16H18O2/c1-11(2)13-6-4-5-7-14(13)15-10-12(17)8-9-16(15)18-3/h4-11,17H,1-3H3. The Balaban J connectivity index is 2.64. The van der Waals surface area contributed by atoms with E-state index < -0.39 is 0 Å². The van der Waals surface area contributed by atoms with E-state index in [0.717, 1.165) is 16.9 Å². The maximum absolute atomic E-state index is 9.67. The van der Waals surface area contributed by atoms with Gasteiger partial charge in [-0.3, -0.25) is 0 Å². The van der Waals surface area contributed by atoms with Crippen molar-refractivity contribution in [1.82, 2.24) is 0 Å². The van der Waals surface area contributed by atoms with Crippen LogP contribution in [0.4, 0.5) is 0 Å². The van der Waals surface area contributed by atoms with E-state index >= 15 is 0 Å². The zero-order chi connectivity index (χ0) is 13.1. The summed E-state index contributed by atoms with van der Waals surface area (Å²) in [6, 6.07) is 13.4. The van der Waals surface area contributed by atoms with Crippen molar-refractivity contribution in [3.63, 3.8) is 0 Å². The van der Waals surface area contributed by atoms with Gasteiger partial charge in [0.25, 0.3) is 0 Å². The van der Waals surface area contributed by atoms with Crippen LogP contribution in [0.5, 0.6) is 11.5 Å². The first-order valence-electron chi connectivity index (χ1n) is 6.09. The van der Waals surface area contributed by atoms with Crippen molar-refractivity contribution in [2.45, 2.75) is 19.8 Å². The Kier molecular flexibility index (Phi) is 3.56. The zero-order valence-electron chi connectivity index (χ0n) is 11.0. The Labute approximate surface area is 108 Å². The second kappa shape index (κ2) is 5.13. The molecule has 0 aromatic heterocycles. The lowest BCUT2D eigenvalue weighted by Crippen LogP contribution is -1.94. The van der Waals surface area contributed by atoms with E-state index in [2.05, 4.69) is 26.0 Å². The smallest absolute Gasteiger partial charge is 0.126 e. The van der Waals surface area contributed by atoms with E-state index in [1.54, 1.807) is 25.3 Å². The molecule has 0 saturated carbocycles. The van der Waals surface area contributed by atoms with Crippen LogP contribution in [0, 0.1) is 0 Å². The number of phenolic OH excluding ortho intramolecular Hbond substituents is 1. The Hall–Kier alpha value is -1.96. The van der Waals surface area contributed by atoms with Gasteiger partial charge in [0.05, 0.1) is 7.11 Å². The molecule has 0 unspecified atom stereocenters. The van der Waals surface area contributed by atoms with Gasteiger partial charge < -0.3 is 9.84 Å². The Bertz CT molecular complexity index is 545. The van der Waals surface area contributed by atoms with Gasteiger partial charge in [-0.25, -0.2) is 0 Å². The summed E-state index contributed by atoms with van der Waals surface area (Å²) in [5.41, 5.74) is 3.29. The molecule has 2 rings (SSSR count). The third kappa shape index (κ3) is 2.33. The van der Waals surface area contributed by atoms with Gasteiger partial charge in [0, 0.05) is 5.56 Å². The van der Waals surface area contributed by atoms with Crippen LogP contribution >= 0.6 is 0 Å². The van der Waals surface area contributed by atoms with Crippen molar-refractivity contribution < 1.29 is 9.84 Å². The molecular weight excluding hydrogens is 224 g/mol. The second-order valence-electron chi connectivity index (χ2n) is 4.63. The molecule has 94 valence electrons. The third-order valence-corrected chi connectivity index (χ3v) is 3.06. The SMILES string of the molecule is COc1ccc(O)cc1-c1ccccc1C(C)C. The van der Waals surface area contributed by atoms with Crippen molar-refractivity contribution in [1.29, 1.82) is 0 Å². The van der Waals surface area contributed by atoms with Crippen LogP contribution in [0.1, 0.15) is 25.3 Å². The average molecular weight is 242 g/mol. The van der Waals surface area contributed by atoms with E-state index in [0.29, 0.717) is 5.92 Å². The molecule has 2 heteroatoms. The fourth-order valence-corrected chi connectivity index (χ4v) is 2.15. The summed E-state index contributed by atoms with van der Waals surface area (Å²) in [4.78, 5) is 0. The molecule has 0 amide bonds. The van der Waals surface area contributed by atoms with E-state index in [1.165, 1.54) is 5.56 Å². The Morgan fingerprint density at radius 2 is 1.72 bits per heavy atom. The Morgan fingerprint density at radius 1 is 1.00 bits per heavy atom. The number of hydrogen-bond donors (Lipinski definition) is 1. The van der Waals surface area contributed by atoms with Crippen molar-refractivity contribution in [2.75, 3.05) is 7.11 Å². The minimum atomic E-state index is 0.254. The molecule has 0 saturated heterocycles. The lowest BCUT2D eigenvalue weighted by atomic mass is 9.92. The monoisotopic (exact) mass is 242 g/mol. The van der Waals surface area contributed by atoms with E-state index in [1.807, 2.05) is 12.1 Å². The fourth-order valence-electron chi connectivity index (χ4n) is 2.15. The number of methoxy groups -OCH3 is 1. The highest BCUT2D eigenvalue weighted by atomic mass is 16.5. The topological polar surface area (TPSA) is 29.5 Å². The summed E-state index contributed by atoms with van der Waals surface area (Å²) in [6.45, 7) is 4.32. The van der Waals surface area contributed by atoms with Gasteiger partial charge in [-0.2, -0.15) is 0 Å². The van der Waals surface area contributed by atoms with Gasteiger partial charge >= 0.3 is 0 Å². The van der Waals surface area contributed by atoms with Crippen molar-refractivity contribution >= 4 is 0 Å². The molecule has 0 radical (unpaired) electrons. The predicted molar refractivity (Wildman–Crippen MR) is 74.2 cm³/mol. The number of aromatic hydroxyl groups is 1. The summed E-state index contributed by atoms with van der Waals surface area (Å²) < 4.78 is 5.38. The molecule has 0 aliphatic rings. The van der Waals surface area contributed by atoms with Gasteiger partial charge in [-0.15, -0.1) is 0 Å². The summed E-state index contributed by atoms with van der Waals surface area (Å²) in [5, 5.41) is 9.67. The van der Waals surface area contributed by atoms with Crippen LogP contribution in [0.2, 0.25) is 0 Å². The van der Waals surface area contributed by atoms with Gasteiger partial charge in [-0.1, -0.05) is 38.1 Å². The quantitative estimate of drug-likeness (QED) is 0.874. The molecule has 2 aromatic rings. The molecule has 0 bridgehead atoms. The lowest BCUT2D eigenvalue weighted by molar-refractivity contribution is 0.414. The molecule has 1 N–H and O–H groups in total. The maximum Gasteiger partial charge on any atom is 0.126 e. The van der Waals surface area contributed by atoms with Crippen molar-refractivity contribution in [3.05, 3.63) is 48.0 Å². The highest BCUT2D eigenvalue weighted by Crippen LogP contribution is 2.37. The minimum absolute atomic E-state index is 0.254. The lowest BCUT2D eigenvalue weighted by Gasteiger charge is -2.15. The molecule has 0 heterocycles. The first-order chi connectivity index (χ1) is 8.63. The van der Waals surface area contributed by atoms with Crippen LogP contribution in [-0.4, -0.2) is 12.2 Å². The molecular formula is C16H18O2. The molecule has 0 spiro atoms. The number of hydrogen-bond acceptors (Lipinski definition) is 2. The summed E-state index contributed by atoms with van der Waals surface area (Å²) in [5.74, 6) is 1.46. The molecule has 2 aromatic carbocycles. The van der Waals surface area contributed by atoms with E-state index in [4.69, 9.17) is 4.74 Å². The molecule has 0 aliphatic carbocycles. The van der Waals surface area contributed by atoms with Crippen LogP contribution in [0.3, 0.4) is 0 Å². The van der Waals surface area contributed by atoms with Gasteiger partial charge in [0.1, 0.15) is 11.5 Å². The summed E-state index contributed by atoms with van der Waals surface area (Å²) in [6.07, 6.45) is 0. The molecule has 0 aliphatic heterocycles. The number of benzene rings is 2. The maximum atomic E-state index is 9.67. The molecule has 0 fully saturated rings. The summed E-state index contributed by atoms with van der Waals surface area (Å²) >= 11 is 0. The van der Waals surface area contributed by atoms with Gasteiger partial charge in [-0.05, 0) is 35.2 Å². The molecule has 18 heavy (non-hydrogen) atoms. The Morgan fingerprint density at radius 3 is 2.39 bits per heavy atom. The number of phenols is 1. The van der Waals surface area contributed by atoms with E-state index in [-0.39, 0.29) is 5.75 Å². The summed E-state index contributed by atoms with van der Waals surface area (Å²) in [7, 11) is 1.65. The normalized spacial score (nSPS) is 10.7. The van der Waals surface area contributed by atoms with E-state index in [9.17, 15) is 5.11 Å². The zero-order valence-corrected chi connectivity index (χ0v) is 11.0. The fraction of sp³-hybridized carbons (Fsp3) is 0.250. The van der Waals surface area contributed by atoms with Crippen molar-refractivity contribution in [3.8, 4) is 22.6 Å². The molecule has 2 nitrogen and oxygen atoms in total. The van der Waals surface area contributed by atoms with Crippen LogP contribution in [0.15, 0.2) is 42.5 Å². The van der Waals surface area contributed by atoms with Gasteiger partial charge in [0.15, 0.2) is 0 Å². The third-order valence-electron chi connectivity index (χ3n) is 3.06. The van der Waals surface area contributed by atoms with Crippen LogP contribution in [0.25, 0.3) is 11.1 Å².